The zero-order valence-electron chi connectivity index (χ0n) is 13.8. The minimum Gasteiger partial charge on any atom is -0.507 e. The average molecular weight is 312 g/mol. The number of phenols is 1. The number of hydrogen-bond donors (Lipinski definition) is 1. The van der Waals surface area contributed by atoms with E-state index >= 15 is 0 Å². The molecule has 0 heterocycles. The molecule has 0 fully saturated rings. The lowest BCUT2D eigenvalue weighted by molar-refractivity contribution is 0.101. The number of aromatic hydroxyl groups is 1. The first-order chi connectivity index (χ1) is 11.1. The standard InChI is InChI=1S/C20H24O3/c1-3-8-17-13-18(15(2)21)19(22)14-20(17)23-12-7-11-16-9-5-4-6-10-16/h4-6,9-10,13-14,22H,3,7-8,11-12H2,1-2H3. The van der Waals surface area contributed by atoms with Crippen molar-refractivity contribution in [2.24, 2.45) is 0 Å². The van der Waals surface area contributed by atoms with Crippen LogP contribution >= 0.6 is 0 Å². The first kappa shape index (κ1) is 17.1. The molecule has 0 saturated carbocycles. The van der Waals surface area contributed by atoms with Gasteiger partial charge in [-0.15, -0.1) is 0 Å². The fourth-order valence-corrected chi connectivity index (χ4v) is 2.60. The van der Waals surface area contributed by atoms with Crippen LogP contribution in [0.15, 0.2) is 42.5 Å². The van der Waals surface area contributed by atoms with E-state index in [1.165, 1.54) is 12.5 Å². The van der Waals surface area contributed by atoms with Crippen molar-refractivity contribution in [3.05, 3.63) is 59.2 Å². The fraction of sp³-hybridized carbons (Fsp3) is 0.350. The predicted octanol–water partition coefficient (Wildman–Crippen LogP) is 4.56. The summed E-state index contributed by atoms with van der Waals surface area (Å²) in [6, 6.07) is 13.6. The normalized spacial score (nSPS) is 10.5. The molecule has 2 aromatic rings. The first-order valence-corrected chi connectivity index (χ1v) is 8.15. The van der Waals surface area contributed by atoms with E-state index in [2.05, 4.69) is 19.1 Å². The van der Waals surface area contributed by atoms with Gasteiger partial charge in [0.05, 0.1) is 12.2 Å². The van der Waals surface area contributed by atoms with Gasteiger partial charge in [-0.25, -0.2) is 0 Å². The molecule has 122 valence electrons. The Hall–Kier alpha value is -2.29. The Kier molecular flexibility index (Phi) is 6.21. The van der Waals surface area contributed by atoms with Crippen LogP contribution in [-0.4, -0.2) is 17.5 Å². The third-order valence-electron chi connectivity index (χ3n) is 3.79. The Morgan fingerprint density at radius 3 is 2.52 bits per heavy atom. The number of phenolic OH excluding ortho intramolecular Hbond substituents is 1. The van der Waals surface area contributed by atoms with Crippen molar-refractivity contribution in [1.29, 1.82) is 0 Å². The molecule has 3 nitrogen and oxygen atoms in total. The van der Waals surface area contributed by atoms with E-state index in [1.807, 2.05) is 18.2 Å². The van der Waals surface area contributed by atoms with E-state index in [4.69, 9.17) is 4.74 Å². The van der Waals surface area contributed by atoms with Crippen LogP contribution in [0.3, 0.4) is 0 Å². The highest BCUT2D eigenvalue weighted by Crippen LogP contribution is 2.30. The summed E-state index contributed by atoms with van der Waals surface area (Å²) >= 11 is 0. The number of aryl methyl sites for hydroxylation is 2. The van der Waals surface area contributed by atoms with Gasteiger partial charge in [0.15, 0.2) is 5.78 Å². The van der Waals surface area contributed by atoms with Crippen LogP contribution in [0.2, 0.25) is 0 Å². The summed E-state index contributed by atoms with van der Waals surface area (Å²) in [7, 11) is 0. The Labute approximate surface area is 137 Å². The third-order valence-corrected chi connectivity index (χ3v) is 3.79. The predicted molar refractivity (Wildman–Crippen MR) is 92.4 cm³/mol. The van der Waals surface area contributed by atoms with Crippen LogP contribution in [0.5, 0.6) is 11.5 Å². The lowest BCUT2D eigenvalue weighted by Crippen LogP contribution is -2.04. The molecule has 23 heavy (non-hydrogen) atoms. The molecule has 0 atom stereocenters. The molecule has 0 spiro atoms. The Morgan fingerprint density at radius 2 is 1.87 bits per heavy atom. The number of carbonyl (C=O) groups excluding carboxylic acids is 1. The van der Waals surface area contributed by atoms with Crippen LogP contribution in [-0.2, 0) is 12.8 Å². The number of Topliss-reactive ketones (excluding diaryl/α,β-unsaturated/α-hetero) is 1. The second-order valence-corrected chi connectivity index (χ2v) is 5.72. The molecule has 0 aliphatic carbocycles. The molecule has 0 aliphatic heterocycles. The average Bonchev–Trinajstić information content (AvgIpc) is 2.54. The number of rotatable bonds is 8. The molecule has 0 radical (unpaired) electrons. The molecule has 2 aromatic carbocycles. The molecule has 0 aromatic heterocycles. The van der Waals surface area contributed by atoms with Gasteiger partial charge < -0.3 is 9.84 Å². The summed E-state index contributed by atoms with van der Waals surface area (Å²) in [4.78, 5) is 11.6. The van der Waals surface area contributed by atoms with Gasteiger partial charge in [0.25, 0.3) is 0 Å². The van der Waals surface area contributed by atoms with Crippen molar-refractivity contribution in [2.75, 3.05) is 6.61 Å². The fourth-order valence-electron chi connectivity index (χ4n) is 2.60. The van der Waals surface area contributed by atoms with Gasteiger partial charge >= 0.3 is 0 Å². The van der Waals surface area contributed by atoms with Crippen molar-refractivity contribution >= 4 is 5.78 Å². The van der Waals surface area contributed by atoms with Gasteiger partial charge in [0.1, 0.15) is 11.5 Å². The van der Waals surface area contributed by atoms with Gasteiger partial charge in [-0.2, -0.15) is 0 Å². The summed E-state index contributed by atoms with van der Waals surface area (Å²) in [6.07, 6.45) is 3.66. The van der Waals surface area contributed by atoms with Crippen molar-refractivity contribution in [3.63, 3.8) is 0 Å². The van der Waals surface area contributed by atoms with E-state index in [1.54, 1.807) is 12.1 Å². The van der Waals surface area contributed by atoms with Crippen molar-refractivity contribution in [2.45, 2.75) is 39.5 Å². The molecule has 0 amide bonds. The van der Waals surface area contributed by atoms with E-state index < -0.39 is 0 Å². The number of hydrogen-bond acceptors (Lipinski definition) is 3. The molecule has 0 saturated heterocycles. The van der Waals surface area contributed by atoms with E-state index in [0.29, 0.717) is 17.9 Å². The second-order valence-electron chi connectivity index (χ2n) is 5.72. The summed E-state index contributed by atoms with van der Waals surface area (Å²) in [6.45, 7) is 4.13. The Balaban J connectivity index is 2.00. The highest BCUT2D eigenvalue weighted by Gasteiger charge is 2.13. The van der Waals surface area contributed by atoms with Gasteiger partial charge in [-0.1, -0.05) is 43.7 Å². The molecular weight excluding hydrogens is 288 g/mol. The first-order valence-electron chi connectivity index (χ1n) is 8.15. The van der Waals surface area contributed by atoms with E-state index in [9.17, 15) is 9.90 Å². The van der Waals surface area contributed by atoms with Gasteiger partial charge in [-0.05, 0) is 43.4 Å². The highest BCUT2D eigenvalue weighted by molar-refractivity contribution is 5.97. The minimum absolute atomic E-state index is 0.00425. The maximum atomic E-state index is 11.6. The molecular formula is C20H24O3. The smallest absolute Gasteiger partial charge is 0.163 e. The second kappa shape index (κ2) is 8.37. The van der Waals surface area contributed by atoms with Crippen LogP contribution in [0.4, 0.5) is 0 Å². The number of benzene rings is 2. The maximum absolute atomic E-state index is 11.6. The molecule has 0 aliphatic rings. The molecule has 0 bridgehead atoms. The summed E-state index contributed by atoms with van der Waals surface area (Å²) in [5, 5.41) is 9.99. The van der Waals surface area contributed by atoms with Crippen LogP contribution < -0.4 is 4.74 Å². The Bertz CT molecular complexity index is 647. The lowest BCUT2D eigenvalue weighted by Gasteiger charge is -2.13. The zero-order valence-corrected chi connectivity index (χ0v) is 13.8. The van der Waals surface area contributed by atoms with Gasteiger partial charge in [-0.3, -0.25) is 4.79 Å². The molecule has 3 heteroatoms. The lowest BCUT2D eigenvalue weighted by atomic mass is 10.0. The number of carbonyl (C=O) groups is 1. The molecule has 2 rings (SSSR count). The number of ketones is 1. The summed E-state index contributed by atoms with van der Waals surface area (Å²) in [5.74, 6) is 0.549. The molecule has 1 N–H and O–H groups in total. The topological polar surface area (TPSA) is 46.5 Å². The largest absolute Gasteiger partial charge is 0.507 e. The highest BCUT2D eigenvalue weighted by atomic mass is 16.5. The van der Waals surface area contributed by atoms with Crippen molar-refractivity contribution < 1.29 is 14.6 Å². The van der Waals surface area contributed by atoms with Crippen molar-refractivity contribution in [3.8, 4) is 11.5 Å². The van der Waals surface area contributed by atoms with E-state index in [0.717, 1.165) is 31.2 Å². The van der Waals surface area contributed by atoms with Crippen LogP contribution in [0.1, 0.15) is 48.2 Å². The van der Waals surface area contributed by atoms with Crippen LogP contribution in [0.25, 0.3) is 0 Å². The van der Waals surface area contributed by atoms with Gasteiger partial charge in [0.2, 0.25) is 0 Å². The van der Waals surface area contributed by atoms with Gasteiger partial charge in [0, 0.05) is 6.07 Å². The monoisotopic (exact) mass is 312 g/mol. The van der Waals surface area contributed by atoms with Crippen LogP contribution in [0, 0.1) is 0 Å². The molecule has 0 unspecified atom stereocenters. The summed E-state index contributed by atoms with van der Waals surface area (Å²) < 4.78 is 5.86. The Morgan fingerprint density at radius 1 is 1.13 bits per heavy atom. The SMILES string of the molecule is CCCc1cc(C(C)=O)c(O)cc1OCCCc1ccccc1. The number of ether oxygens (including phenoxy) is 1. The third kappa shape index (κ3) is 4.85. The maximum Gasteiger partial charge on any atom is 0.163 e. The van der Waals surface area contributed by atoms with E-state index in [-0.39, 0.29) is 11.5 Å². The van der Waals surface area contributed by atoms with Crippen molar-refractivity contribution in [1.82, 2.24) is 0 Å². The quantitative estimate of drug-likeness (QED) is 0.574. The zero-order chi connectivity index (χ0) is 16.7. The summed E-state index contributed by atoms with van der Waals surface area (Å²) in [5.41, 5.74) is 2.64. The minimum atomic E-state index is -0.129.